The largest absolute Gasteiger partial charge is 0.392 e. The minimum Gasteiger partial charge on any atom is -0.392 e. The number of rotatable bonds is 3. The minimum absolute atomic E-state index is 0.00535. The Morgan fingerprint density at radius 3 is 2.61 bits per heavy atom. The second-order valence-corrected chi connectivity index (χ2v) is 4.52. The van der Waals surface area contributed by atoms with Crippen LogP contribution in [0.25, 0.3) is 0 Å². The van der Waals surface area contributed by atoms with Crippen LogP contribution in [-0.2, 0) is 16.2 Å². The molecule has 96 valence electrons. The monoisotopic (exact) mass is 248 g/mol. The summed E-state index contributed by atoms with van der Waals surface area (Å²) in [4.78, 5) is 24.8. The van der Waals surface area contributed by atoms with Gasteiger partial charge in [0.15, 0.2) is 0 Å². The maximum absolute atomic E-state index is 11.9. The highest BCUT2D eigenvalue weighted by atomic mass is 16.3. The van der Waals surface area contributed by atoms with Crippen LogP contribution in [0.4, 0.5) is 5.69 Å². The first-order valence-electron chi connectivity index (χ1n) is 5.85. The Hall–Kier alpha value is -1.88. The molecule has 0 bridgehead atoms. The number of benzene rings is 1. The van der Waals surface area contributed by atoms with Crippen LogP contribution in [0.15, 0.2) is 24.3 Å². The summed E-state index contributed by atoms with van der Waals surface area (Å²) in [5.41, 5.74) is 1.47. The third kappa shape index (κ3) is 2.68. The molecule has 5 heteroatoms. The molecule has 18 heavy (non-hydrogen) atoms. The number of carbonyl (C=O) groups excluding carboxylic acids is 2. The van der Waals surface area contributed by atoms with Gasteiger partial charge < -0.3 is 15.3 Å². The summed E-state index contributed by atoms with van der Waals surface area (Å²) in [6.45, 7) is 0.454. The molecule has 0 aromatic heterocycles. The van der Waals surface area contributed by atoms with E-state index in [9.17, 15) is 9.59 Å². The first kappa shape index (κ1) is 12.6. The van der Waals surface area contributed by atoms with Crippen molar-refractivity contribution in [2.45, 2.75) is 13.0 Å². The molecule has 0 saturated carbocycles. The van der Waals surface area contributed by atoms with Gasteiger partial charge in [0.2, 0.25) is 11.8 Å². The van der Waals surface area contributed by atoms with Crippen molar-refractivity contribution >= 4 is 17.5 Å². The first-order valence-corrected chi connectivity index (χ1v) is 5.85. The molecule has 1 unspecified atom stereocenters. The summed E-state index contributed by atoms with van der Waals surface area (Å²) >= 11 is 0. The highest BCUT2D eigenvalue weighted by Gasteiger charge is 2.31. The van der Waals surface area contributed by atoms with Crippen LogP contribution in [-0.4, -0.2) is 35.4 Å². The normalized spacial score (nSPS) is 19.1. The Morgan fingerprint density at radius 2 is 2.11 bits per heavy atom. The van der Waals surface area contributed by atoms with Gasteiger partial charge in [-0.15, -0.1) is 0 Å². The zero-order chi connectivity index (χ0) is 13.1. The van der Waals surface area contributed by atoms with Gasteiger partial charge >= 0.3 is 0 Å². The van der Waals surface area contributed by atoms with Crippen molar-refractivity contribution in [3.63, 3.8) is 0 Å². The lowest BCUT2D eigenvalue weighted by Crippen LogP contribution is -2.25. The van der Waals surface area contributed by atoms with Gasteiger partial charge in [0, 0.05) is 25.7 Å². The highest BCUT2D eigenvalue weighted by molar-refractivity contribution is 5.97. The summed E-state index contributed by atoms with van der Waals surface area (Å²) in [5.74, 6) is -0.407. The van der Waals surface area contributed by atoms with E-state index >= 15 is 0 Å². The first-order chi connectivity index (χ1) is 8.60. The molecule has 1 saturated heterocycles. The molecule has 2 amide bonds. The van der Waals surface area contributed by atoms with Crippen LogP contribution in [0.2, 0.25) is 0 Å². The van der Waals surface area contributed by atoms with Crippen molar-refractivity contribution in [1.82, 2.24) is 4.90 Å². The molecule has 1 aromatic rings. The number of hydrogen-bond acceptors (Lipinski definition) is 3. The molecular formula is C13H16N2O3. The molecule has 1 heterocycles. The van der Waals surface area contributed by atoms with Gasteiger partial charge in [0.05, 0.1) is 12.5 Å². The molecule has 0 spiro atoms. The van der Waals surface area contributed by atoms with Crippen LogP contribution >= 0.6 is 0 Å². The van der Waals surface area contributed by atoms with Gasteiger partial charge in [-0.2, -0.15) is 0 Å². The van der Waals surface area contributed by atoms with E-state index in [1.807, 2.05) is 0 Å². The van der Waals surface area contributed by atoms with E-state index in [0.717, 1.165) is 5.56 Å². The summed E-state index contributed by atoms with van der Waals surface area (Å²) in [5, 5.41) is 11.7. The van der Waals surface area contributed by atoms with Gasteiger partial charge in [-0.25, -0.2) is 0 Å². The van der Waals surface area contributed by atoms with Crippen molar-refractivity contribution < 1.29 is 14.7 Å². The number of hydrogen-bond donors (Lipinski definition) is 2. The lowest BCUT2D eigenvalue weighted by atomic mass is 10.1. The van der Waals surface area contributed by atoms with E-state index in [2.05, 4.69) is 5.32 Å². The van der Waals surface area contributed by atoms with E-state index < -0.39 is 0 Å². The van der Waals surface area contributed by atoms with Gasteiger partial charge in [-0.05, 0) is 17.7 Å². The zero-order valence-electron chi connectivity index (χ0n) is 10.2. The van der Waals surface area contributed by atoms with E-state index in [4.69, 9.17) is 5.11 Å². The van der Waals surface area contributed by atoms with Gasteiger partial charge in [0.25, 0.3) is 0 Å². The number of aliphatic hydroxyl groups is 1. The van der Waals surface area contributed by atoms with Crippen molar-refractivity contribution in [2.75, 3.05) is 18.9 Å². The van der Waals surface area contributed by atoms with E-state index in [1.54, 1.807) is 36.2 Å². The standard InChI is InChI=1S/C13H16N2O3/c1-15-7-10(6-12(15)17)13(18)14-11-4-2-9(8-16)3-5-11/h2-5,10,16H,6-8H2,1H3,(H,14,18). The van der Waals surface area contributed by atoms with E-state index in [-0.39, 0.29) is 30.8 Å². The Bertz CT molecular complexity index is 456. The third-order valence-electron chi connectivity index (χ3n) is 3.12. The average molecular weight is 248 g/mol. The molecule has 1 aliphatic rings. The van der Waals surface area contributed by atoms with Crippen LogP contribution in [0.5, 0.6) is 0 Å². The number of aliphatic hydroxyl groups excluding tert-OH is 1. The predicted octanol–water partition coefficient (Wildman–Crippen LogP) is 0.596. The second-order valence-electron chi connectivity index (χ2n) is 4.52. The Balaban J connectivity index is 1.96. The van der Waals surface area contributed by atoms with Crippen LogP contribution in [0.3, 0.4) is 0 Å². The minimum atomic E-state index is -0.278. The molecule has 1 fully saturated rings. The summed E-state index contributed by atoms with van der Waals surface area (Å²) in [7, 11) is 1.70. The number of likely N-dealkylation sites (tertiary alicyclic amines) is 1. The molecular weight excluding hydrogens is 232 g/mol. The van der Waals surface area contributed by atoms with Gasteiger partial charge in [-0.1, -0.05) is 12.1 Å². The highest BCUT2D eigenvalue weighted by Crippen LogP contribution is 2.18. The lowest BCUT2D eigenvalue weighted by molar-refractivity contribution is -0.127. The molecule has 1 aliphatic heterocycles. The molecule has 0 aliphatic carbocycles. The number of nitrogens with zero attached hydrogens (tertiary/aromatic N) is 1. The summed E-state index contributed by atoms with van der Waals surface area (Å²) in [6.07, 6.45) is 0.275. The van der Waals surface area contributed by atoms with Crippen molar-refractivity contribution in [3.05, 3.63) is 29.8 Å². The fourth-order valence-electron chi connectivity index (χ4n) is 1.98. The number of anilines is 1. The maximum atomic E-state index is 11.9. The Morgan fingerprint density at radius 1 is 1.44 bits per heavy atom. The summed E-state index contributed by atoms with van der Waals surface area (Å²) < 4.78 is 0. The SMILES string of the molecule is CN1CC(C(=O)Nc2ccc(CO)cc2)CC1=O. The van der Waals surface area contributed by atoms with Crippen LogP contribution in [0, 0.1) is 5.92 Å². The lowest BCUT2D eigenvalue weighted by Gasteiger charge is -2.11. The molecule has 2 N–H and O–H groups in total. The quantitative estimate of drug-likeness (QED) is 0.822. The summed E-state index contributed by atoms with van der Waals surface area (Å²) in [6, 6.07) is 6.98. The maximum Gasteiger partial charge on any atom is 0.229 e. The third-order valence-corrected chi connectivity index (χ3v) is 3.12. The molecule has 0 radical (unpaired) electrons. The number of amides is 2. The number of carbonyl (C=O) groups is 2. The number of nitrogens with one attached hydrogen (secondary N) is 1. The molecule has 5 nitrogen and oxygen atoms in total. The van der Waals surface area contributed by atoms with Crippen molar-refractivity contribution in [2.24, 2.45) is 5.92 Å². The fraction of sp³-hybridized carbons (Fsp3) is 0.385. The smallest absolute Gasteiger partial charge is 0.229 e. The van der Waals surface area contributed by atoms with E-state index in [1.165, 1.54) is 0 Å². The van der Waals surface area contributed by atoms with E-state index in [0.29, 0.717) is 12.2 Å². The molecule has 2 rings (SSSR count). The van der Waals surface area contributed by atoms with Crippen LogP contribution < -0.4 is 5.32 Å². The molecule has 1 aromatic carbocycles. The zero-order valence-corrected chi connectivity index (χ0v) is 10.2. The predicted molar refractivity (Wildman–Crippen MR) is 66.7 cm³/mol. The van der Waals surface area contributed by atoms with Gasteiger partial charge in [-0.3, -0.25) is 9.59 Å². The van der Waals surface area contributed by atoms with Crippen molar-refractivity contribution in [1.29, 1.82) is 0 Å². The molecule has 1 atom stereocenters. The average Bonchev–Trinajstić information content (AvgIpc) is 2.71. The van der Waals surface area contributed by atoms with Crippen LogP contribution in [0.1, 0.15) is 12.0 Å². The van der Waals surface area contributed by atoms with Gasteiger partial charge in [0.1, 0.15) is 0 Å². The Labute approximate surface area is 105 Å². The Kier molecular flexibility index (Phi) is 3.62. The van der Waals surface area contributed by atoms with Crippen molar-refractivity contribution in [3.8, 4) is 0 Å². The second kappa shape index (κ2) is 5.18. The fourth-order valence-corrected chi connectivity index (χ4v) is 1.98. The topological polar surface area (TPSA) is 69.6 Å².